The molecule has 0 radical (unpaired) electrons. The van der Waals surface area contributed by atoms with Crippen molar-refractivity contribution in [1.29, 1.82) is 0 Å². The fourth-order valence-corrected chi connectivity index (χ4v) is 8.66. The summed E-state index contributed by atoms with van der Waals surface area (Å²) >= 11 is 0. The molecular formula is C45H34. The first kappa shape index (κ1) is 26.2. The van der Waals surface area contributed by atoms with E-state index in [-0.39, 0.29) is 5.41 Å². The average Bonchev–Trinajstić information content (AvgIpc) is 3.37. The Kier molecular flexibility index (Phi) is 5.48. The monoisotopic (exact) mass is 574 g/mol. The van der Waals surface area contributed by atoms with Crippen molar-refractivity contribution < 1.29 is 0 Å². The third-order valence-electron chi connectivity index (χ3n) is 10.6. The van der Waals surface area contributed by atoms with Crippen LogP contribution in [0.2, 0.25) is 0 Å². The Bertz CT molecular complexity index is 2260. The molecule has 0 saturated heterocycles. The molecule has 0 nitrogen and oxygen atoms in total. The number of benzene rings is 7. The van der Waals surface area contributed by atoms with Gasteiger partial charge in [0.2, 0.25) is 0 Å². The lowest BCUT2D eigenvalue weighted by Crippen LogP contribution is -2.40. The lowest BCUT2D eigenvalue weighted by atomic mass is 9.55. The molecule has 45 heavy (non-hydrogen) atoms. The summed E-state index contributed by atoms with van der Waals surface area (Å²) in [5, 5.41) is 2.57. The first-order valence-electron chi connectivity index (χ1n) is 16.0. The Labute approximate surface area is 265 Å². The number of hydrogen-bond donors (Lipinski definition) is 0. The zero-order chi connectivity index (χ0) is 30.3. The van der Waals surface area contributed by atoms with Gasteiger partial charge in [-0.15, -0.1) is 0 Å². The first-order chi connectivity index (χ1) is 22.0. The van der Waals surface area contributed by atoms with Crippen molar-refractivity contribution in [3.8, 4) is 33.4 Å². The molecule has 0 heterocycles. The van der Waals surface area contributed by atoms with Crippen molar-refractivity contribution in [1.82, 2.24) is 0 Å². The van der Waals surface area contributed by atoms with Gasteiger partial charge in [0.15, 0.2) is 0 Å². The molecule has 0 bridgehead atoms. The quantitative estimate of drug-likeness (QED) is 0.193. The second-order valence-corrected chi connectivity index (χ2v) is 13.4. The molecule has 2 aliphatic carbocycles. The van der Waals surface area contributed by atoms with Gasteiger partial charge in [-0.2, -0.15) is 0 Å². The Morgan fingerprint density at radius 3 is 1.53 bits per heavy atom. The SMILES string of the molecule is Cc1cccc(-c2cccc3cccc(-c4ccc5c(c4)C4(c6ccccc6-5)c5ccccc5C(C)(C)c5ccccc54)c23)c1. The van der Waals surface area contributed by atoms with Crippen molar-refractivity contribution in [2.45, 2.75) is 31.6 Å². The van der Waals surface area contributed by atoms with Crippen molar-refractivity contribution in [2.24, 2.45) is 0 Å². The van der Waals surface area contributed by atoms with Crippen LogP contribution in [0.1, 0.15) is 52.8 Å². The molecular weight excluding hydrogens is 540 g/mol. The third kappa shape index (κ3) is 3.48. The third-order valence-corrected chi connectivity index (χ3v) is 10.6. The van der Waals surface area contributed by atoms with E-state index in [4.69, 9.17) is 0 Å². The van der Waals surface area contributed by atoms with Gasteiger partial charge in [0.05, 0.1) is 5.41 Å². The molecule has 1 spiro atoms. The average molecular weight is 575 g/mol. The van der Waals surface area contributed by atoms with E-state index in [1.54, 1.807) is 0 Å². The Balaban J connectivity index is 1.39. The van der Waals surface area contributed by atoms with E-state index in [0.29, 0.717) is 0 Å². The van der Waals surface area contributed by atoms with E-state index < -0.39 is 5.41 Å². The van der Waals surface area contributed by atoms with Crippen LogP contribution in [-0.2, 0) is 10.8 Å². The van der Waals surface area contributed by atoms with Crippen LogP contribution in [-0.4, -0.2) is 0 Å². The summed E-state index contributed by atoms with van der Waals surface area (Å²) in [6.07, 6.45) is 0. The van der Waals surface area contributed by atoms with Crippen LogP contribution >= 0.6 is 0 Å². The molecule has 0 aliphatic heterocycles. The topological polar surface area (TPSA) is 0 Å². The van der Waals surface area contributed by atoms with Crippen LogP contribution in [0, 0.1) is 6.92 Å². The molecule has 9 rings (SSSR count). The minimum Gasteiger partial charge on any atom is -0.0619 e. The normalized spacial score (nSPS) is 14.9. The highest BCUT2D eigenvalue weighted by molar-refractivity contribution is 6.07. The van der Waals surface area contributed by atoms with Gasteiger partial charge < -0.3 is 0 Å². The number of fused-ring (bicyclic) bond motifs is 10. The smallest absolute Gasteiger partial charge is 0.0619 e. The summed E-state index contributed by atoms with van der Waals surface area (Å²) in [5.74, 6) is 0. The van der Waals surface area contributed by atoms with E-state index in [1.165, 1.54) is 83.1 Å². The maximum Gasteiger partial charge on any atom is 0.0719 e. The molecule has 0 aromatic heterocycles. The van der Waals surface area contributed by atoms with Gasteiger partial charge in [0.1, 0.15) is 0 Å². The van der Waals surface area contributed by atoms with Gasteiger partial charge in [0.25, 0.3) is 0 Å². The number of rotatable bonds is 2. The summed E-state index contributed by atoms with van der Waals surface area (Å²) in [6.45, 7) is 6.95. The molecule has 0 amide bonds. The fraction of sp³-hybridized carbons (Fsp3) is 0.111. The maximum absolute atomic E-state index is 2.52. The van der Waals surface area contributed by atoms with Gasteiger partial charge in [-0.1, -0.05) is 165 Å². The zero-order valence-corrected chi connectivity index (χ0v) is 25.9. The van der Waals surface area contributed by atoms with Crippen LogP contribution in [0.5, 0.6) is 0 Å². The fourth-order valence-electron chi connectivity index (χ4n) is 8.66. The minimum absolute atomic E-state index is 0.105. The lowest BCUT2D eigenvalue weighted by molar-refractivity contribution is 0.563. The van der Waals surface area contributed by atoms with Gasteiger partial charge in [-0.3, -0.25) is 0 Å². The molecule has 0 saturated carbocycles. The Morgan fingerprint density at radius 1 is 0.378 bits per heavy atom. The highest BCUT2D eigenvalue weighted by atomic mass is 14.5. The predicted molar refractivity (Wildman–Crippen MR) is 189 cm³/mol. The highest BCUT2D eigenvalue weighted by Gasteiger charge is 2.53. The summed E-state index contributed by atoms with van der Waals surface area (Å²) in [4.78, 5) is 0. The maximum atomic E-state index is 2.52. The molecule has 0 fully saturated rings. The van der Waals surface area contributed by atoms with E-state index in [2.05, 4.69) is 172 Å². The summed E-state index contributed by atoms with van der Waals surface area (Å²) in [6, 6.07) is 57.1. The molecule has 0 N–H and O–H groups in total. The van der Waals surface area contributed by atoms with Crippen LogP contribution in [0.3, 0.4) is 0 Å². The van der Waals surface area contributed by atoms with Crippen LogP contribution in [0.4, 0.5) is 0 Å². The van der Waals surface area contributed by atoms with E-state index in [9.17, 15) is 0 Å². The van der Waals surface area contributed by atoms with E-state index in [0.717, 1.165) is 0 Å². The zero-order valence-electron chi connectivity index (χ0n) is 25.9. The van der Waals surface area contributed by atoms with Gasteiger partial charge >= 0.3 is 0 Å². The van der Waals surface area contributed by atoms with Crippen LogP contribution in [0.25, 0.3) is 44.2 Å². The molecule has 7 aromatic carbocycles. The first-order valence-corrected chi connectivity index (χ1v) is 16.0. The van der Waals surface area contributed by atoms with Gasteiger partial charge in [-0.05, 0) is 90.5 Å². The number of aryl methyl sites for hydroxylation is 1. The Hall–Kier alpha value is -5.20. The molecule has 214 valence electrons. The van der Waals surface area contributed by atoms with E-state index >= 15 is 0 Å². The molecule has 0 heteroatoms. The molecule has 0 unspecified atom stereocenters. The summed E-state index contributed by atoms with van der Waals surface area (Å²) < 4.78 is 0. The van der Waals surface area contributed by atoms with Crippen LogP contribution in [0.15, 0.2) is 152 Å². The molecule has 7 aromatic rings. The van der Waals surface area contributed by atoms with E-state index in [1.807, 2.05) is 0 Å². The summed E-state index contributed by atoms with van der Waals surface area (Å²) in [7, 11) is 0. The standard InChI is InChI=1S/C45H34/c1-29-13-10-16-31(27-29)33-18-11-14-30-15-12-19-34(43(30)33)32-25-26-36-35-17-4-5-20-37(35)45(42(36)28-32)40-23-8-6-21-38(40)44(2,3)39-22-7-9-24-41(39)45/h4-28H,1-3H3. The van der Waals surface area contributed by atoms with Gasteiger partial charge in [0, 0.05) is 5.41 Å². The molecule has 2 aliphatic rings. The second kappa shape index (κ2) is 9.40. The highest BCUT2D eigenvalue weighted by Crippen LogP contribution is 2.62. The van der Waals surface area contributed by atoms with Crippen molar-refractivity contribution in [2.75, 3.05) is 0 Å². The van der Waals surface area contributed by atoms with Gasteiger partial charge in [-0.25, -0.2) is 0 Å². The predicted octanol–water partition coefficient (Wildman–Crippen LogP) is 11.5. The summed E-state index contributed by atoms with van der Waals surface area (Å²) in [5.41, 5.74) is 16.9. The number of hydrogen-bond acceptors (Lipinski definition) is 0. The largest absolute Gasteiger partial charge is 0.0719 e. The van der Waals surface area contributed by atoms with Crippen molar-refractivity contribution >= 4 is 10.8 Å². The van der Waals surface area contributed by atoms with Crippen LogP contribution < -0.4 is 0 Å². The minimum atomic E-state index is -0.394. The molecule has 0 atom stereocenters. The van der Waals surface area contributed by atoms with Crippen molar-refractivity contribution in [3.63, 3.8) is 0 Å². The Morgan fingerprint density at radius 2 is 0.889 bits per heavy atom. The lowest BCUT2D eigenvalue weighted by Gasteiger charge is -2.46. The van der Waals surface area contributed by atoms with Crippen molar-refractivity contribution in [3.05, 3.63) is 191 Å². The second-order valence-electron chi connectivity index (χ2n) is 13.4.